The largest absolute Gasteiger partial charge is 0.314 e. The van der Waals surface area contributed by atoms with Crippen LogP contribution in [0.15, 0.2) is 0 Å². The Morgan fingerprint density at radius 1 is 0.600 bits per heavy atom. The summed E-state index contributed by atoms with van der Waals surface area (Å²) < 4.78 is 0. The Balaban J connectivity index is 3.32. The lowest BCUT2D eigenvalue weighted by Gasteiger charge is -2.18. The van der Waals surface area contributed by atoms with Gasteiger partial charge < -0.3 is 10.6 Å². The van der Waals surface area contributed by atoms with Crippen molar-refractivity contribution < 1.29 is 0 Å². The smallest absolute Gasteiger partial charge is 0.00393 e. The van der Waals surface area contributed by atoms with Gasteiger partial charge in [-0.25, -0.2) is 0 Å². The van der Waals surface area contributed by atoms with Crippen molar-refractivity contribution in [3.8, 4) is 0 Å². The van der Waals surface area contributed by atoms with Crippen molar-refractivity contribution in [2.45, 2.75) is 104 Å². The molecule has 2 N–H and O–H groups in total. The monoisotopic (exact) mass is 284 g/mol. The van der Waals surface area contributed by atoms with Crippen molar-refractivity contribution in [2.24, 2.45) is 0 Å². The second kappa shape index (κ2) is 15.3. The maximum absolute atomic E-state index is 3.65. The van der Waals surface area contributed by atoms with E-state index in [4.69, 9.17) is 0 Å². The molecule has 2 unspecified atom stereocenters. The van der Waals surface area contributed by atoms with E-state index in [0.717, 1.165) is 0 Å². The van der Waals surface area contributed by atoms with Crippen LogP contribution in [0.3, 0.4) is 0 Å². The fourth-order valence-corrected chi connectivity index (χ4v) is 2.50. The Kier molecular flexibility index (Phi) is 15.3. The Hall–Kier alpha value is -0.0800. The van der Waals surface area contributed by atoms with Gasteiger partial charge in [-0.05, 0) is 52.6 Å². The van der Waals surface area contributed by atoms with Gasteiger partial charge in [0.1, 0.15) is 0 Å². The molecule has 0 spiro atoms. The van der Waals surface area contributed by atoms with Crippen LogP contribution in [0.5, 0.6) is 0 Å². The van der Waals surface area contributed by atoms with E-state index in [1.165, 1.54) is 77.3 Å². The van der Waals surface area contributed by atoms with Gasteiger partial charge in [-0.15, -0.1) is 0 Å². The minimum atomic E-state index is 0.668. The highest BCUT2D eigenvalue weighted by Crippen LogP contribution is 2.04. The number of hydrogen-bond acceptors (Lipinski definition) is 2. The summed E-state index contributed by atoms with van der Waals surface area (Å²) in [6.45, 7) is 11.6. The minimum absolute atomic E-state index is 0.668. The van der Waals surface area contributed by atoms with Gasteiger partial charge in [-0.3, -0.25) is 0 Å². The second-order valence-electron chi connectivity index (χ2n) is 6.41. The van der Waals surface area contributed by atoms with Gasteiger partial charge in [0, 0.05) is 12.1 Å². The molecule has 2 nitrogen and oxygen atoms in total. The van der Waals surface area contributed by atoms with E-state index in [-0.39, 0.29) is 0 Å². The molecule has 0 rings (SSSR count). The molecule has 0 aromatic rings. The van der Waals surface area contributed by atoms with E-state index >= 15 is 0 Å². The molecular formula is C18H40N2. The summed E-state index contributed by atoms with van der Waals surface area (Å²) in [6, 6.07) is 1.34. The summed E-state index contributed by atoms with van der Waals surface area (Å²) >= 11 is 0. The summed E-state index contributed by atoms with van der Waals surface area (Å²) in [6.07, 6.45) is 13.4. The van der Waals surface area contributed by atoms with E-state index in [2.05, 4.69) is 38.3 Å². The molecule has 0 aliphatic carbocycles. The predicted molar refractivity (Wildman–Crippen MR) is 92.4 cm³/mol. The highest BCUT2D eigenvalue weighted by atomic mass is 14.9. The van der Waals surface area contributed by atoms with Gasteiger partial charge in [0.2, 0.25) is 0 Å². The molecule has 0 fully saturated rings. The molecule has 0 amide bonds. The zero-order chi connectivity index (χ0) is 15.1. The van der Waals surface area contributed by atoms with Crippen LogP contribution >= 0.6 is 0 Å². The number of rotatable bonds is 15. The summed E-state index contributed by atoms with van der Waals surface area (Å²) in [7, 11) is 0. The summed E-state index contributed by atoms with van der Waals surface area (Å²) in [4.78, 5) is 0. The van der Waals surface area contributed by atoms with Crippen LogP contribution in [-0.2, 0) is 0 Å². The van der Waals surface area contributed by atoms with Gasteiger partial charge in [-0.2, -0.15) is 0 Å². The van der Waals surface area contributed by atoms with Crippen molar-refractivity contribution >= 4 is 0 Å². The maximum Gasteiger partial charge on any atom is 0.00393 e. The van der Waals surface area contributed by atoms with Crippen LogP contribution in [0.4, 0.5) is 0 Å². The third kappa shape index (κ3) is 14.3. The molecule has 2 atom stereocenters. The molecule has 2 heteroatoms. The lowest BCUT2D eigenvalue weighted by Crippen LogP contribution is -2.31. The quantitative estimate of drug-likeness (QED) is 0.419. The molecule has 0 aliphatic rings. The molecule has 0 saturated heterocycles. The Bertz CT molecular complexity index is 162. The van der Waals surface area contributed by atoms with Gasteiger partial charge in [0.25, 0.3) is 0 Å². The first-order chi connectivity index (χ1) is 9.70. The first-order valence-corrected chi connectivity index (χ1v) is 9.17. The highest BCUT2D eigenvalue weighted by molar-refractivity contribution is 4.67. The van der Waals surface area contributed by atoms with Crippen LogP contribution in [0, 0.1) is 0 Å². The Labute approximate surface area is 128 Å². The van der Waals surface area contributed by atoms with Gasteiger partial charge in [-0.1, -0.05) is 52.4 Å². The number of hydrogen-bond donors (Lipinski definition) is 2. The van der Waals surface area contributed by atoms with Gasteiger partial charge in [0.15, 0.2) is 0 Å². The first-order valence-electron chi connectivity index (χ1n) is 9.17. The van der Waals surface area contributed by atoms with E-state index in [1.54, 1.807) is 0 Å². The van der Waals surface area contributed by atoms with Gasteiger partial charge in [0.05, 0.1) is 0 Å². The van der Waals surface area contributed by atoms with Crippen LogP contribution < -0.4 is 10.6 Å². The third-order valence-electron chi connectivity index (χ3n) is 4.08. The molecule has 0 aromatic heterocycles. The SMILES string of the molecule is CCCCCCNC(C)CCC(C)NCCCCCC. The standard InChI is InChI=1S/C18H40N2/c1-5-7-9-11-15-19-17(3)13-14-18(4)20-16-12-10-8-6-2/h17-20H,5-16H2,1-4H3. The van der Waals surface area contributed by atoms with Crippen LogP contribution in [0.1, 0.15) is 91.9 Å². The normalized spacial score (nSPS) is 14.4. The van der Waals surface area contributed by atoms with E-state index in [9.17, 15) is 0 Å². The summed E-state index contributed by atoms with van der Waals surface area (Å²) in [5.41, 5.74) is 0. The molecule has 122 valence electrons. The third-order valence-corrected chi connectivity index (χ3v) is 4.08. The average molecular weight is 285 g/mol. The van der Waals surface area contributed by atoms with E-state index in [0.29, 0.717) is 12.1 Å². The van der Waals surface area contributed by atoms with Crippen LogP contribution in [0.25, 0.3) is 0 Å². The Morgan fingerprint density at radius 2 is 1.00 bits per heavy atom. The topological polar surface area (TPSA) is 24.1 Å². The predicted octanol–water partition coefficient (Wildman–Crippen LogP) is 4.88. The van der Waals surface area contributed by atoms with Crippen LogP contribution in [0.2, 0.25) is 0 Å². The fraction of sp³-hybridized carbons (Fsp3) is 1.00. The summed E-state index contributed by atoms with van der Waals surface area (Å²) in [5, 5.41) is 7.31. The van der Waals surface area contributed by atoms with Crippen LogP contribution in [-0.4, -0.2) is 25.2 Å². The van der Waals surface area contributed by atoms with Crippen molar-refractivity contribution in [2.75, 3.05) is 13.1 Å². The van der Waals surface area contributed by atoms with Crippen molar-refractivity contribution in [3.63, 3.8) is 0 Å². The molecular weight excluding hydrogens is 244 g/mol. The van der Waals surface area contributed by atoms with Gasteiger partial charge >= 0.3 is 0 Å². The fourth-order valence-electron chi connectivity index (χ4n) is 2.50. The molecule has 0 saturated carbocycles. The molecule has 0 aliphatic heterocycles. The van der Waals surface area contributed by atoms with E-state index in [1.807, 2.05) is 0 Å². The molecule has 0 heterocycles. The van der Waals surface area contributed by atoms with E-state index < -0.39 is 0 Å². The second-order valence-corrected chi connectivity index (χ2v) is 6.41. The average Bonchev–Trinajstić information content (AvgIpc) is 2.44. The zero-order valence-electron chi connectivity index (χ0n) is 14.6. The number of nitrogens with one attached hydrogen (secondary N) is 2. The minimum Gasteiger partial charge on any atom is -0.314 e. The van der Waals surface area contributed by atoms with Crippen molar-refractivity contribution in [1.29, 1.82) is 0 Å². The lowest BCUT2D eigenvalue weighted by atomic mass is 10.1. The molecule has 0 aromatic carbocycles. The highest BCUT2D eigenvalue weighted by Gasteiger charge is 2.05. The number of unbranched alkanes of at least 4 members (excludes halogenated alkanes) is 6. The summed E-state index contributed by atoms with van der Waals surface area (Å²) in [5.74, 6) is 0. The molecule has 0 radical (unpaired) electrons. The Morgan fingerprint density at radius 3 is 1.35 bits per heavy atom. The molecule has 20 heavy (non-hydrogen) atoms. The maximum atomic E-state index is 3.65. The van der Waals surface area contributed by atoms with Crippen molar-refractivity contribution in [3.05, 3.63) is 0 Å². The lowest BCUT2D eigenvalue weighted by molar-refractivity contribution is 0.427. The zero-order valence-corrected chi connectivity index (χ0v) is 14.6. The molecule has 0 bridgehead atoms. The first kappa shape index (κ1) is 19.9. The van der Waals surface area contributed by atoms with Crippen molar-refractivity contribution in [1.82, 2.24) is 10.6 Å².